The van der Waals surface area contributed by atoms with E-state index in [0.29, 0.717) is 19.1 Å². The lowest BCUT2D eigenvalue weighted by Gasteiger charge is -2.21. The fourth-order valence-corrected chi connectivity index (χ4v) is 2.42. The molecule has 6 nitrogen and oxygen atoms in total. The van der Waals surface area contributed by atoms with Crippen LogP contribution in [0.15, 0.2) is 27.8 Å². The van der Waals surface area contributed by atoms with Crippen LogP contribution in [0.5, 0.6) is 0 Å². The molecule has 0 fully saturated rings. The third kappa shape index (κ3) is 10.1. The first-order chi connectivity index (χ1) is 12.2. The number of hydrogen-bond acceptors (Lipinski definition) is 4. The van der Waals surface area contributed by atoms with Gasteiger partial charge in [-0.25, -0.2) is 0 Å². The van der Waals surface area contributed by atoms with Crippen molar-refractivity contribution in [2.45, 2.75) is 53.2 Å². The van der Waals surface area contributed by atoms with Crippen LogP contribution in [0.25, 0.3) is 0 Å². The van der Waals surface area contributed by atoms with E-state index in [9.17, 15) is 0 Å². The molecule has 6 heteroatoms. The Morgan fingerprint density at radius 2 is 2.12 bits per heavy atom. The van der Waals surface area contributed by atoms with Crippen molar-refractivity contribution in [2.75, 3.05) is 32.8 Å². The van der Waals surface area contributed by atoms with Gasteiger partial charge in [-0.15, -0.1) is 0 Å². The minimum Gasteiger partial charge on any atom is -0.467 e. The maximum absolute atomic E-state index is 5.78. The van der Waals surface area contributed by atoms with Crippen molar-refractivity contribution in [2.24, 2.45) is 10.9 Å². The first kappa shape index (κ1) is 21.5. The van der Waals surface area contributed by atoms with Gasteiger partial charge in [0, 0.05) is 32.8 Å². The molecule has 1 unspecified atom stereocenters. The van der Waals surface area contributed by atoms with E-state index in [0.717, 1.165) is 50.8 Å². The predicted molar refractivity (Wildman–Crippen MR) is 102 cm³/mol. The zero-order valence-corrected chi connectivity index (χ0v) is 16.2. The first-order valence-electron chi connectivity index (χ1n) is 9.41. The van der Waals surface area contributed by atoms with Crippen LogP contribution in [0.1, 0.15) is 46.3 Å². The molecule has 25 heavy (non-hydrogen) atoms. The summed E-state index contributed by atoms with van der Waals surface area (Å²) in [5.74, 6) is 2.23. The maximum atomic E-state index is 5.78. The summed E-state index contributed by atoms with van der Waals surface area (Å²) in [5, 5.41) is 6.65. The van der Waals surface area contributed by atoms with Gasteiger partial charge in [0.05, 0.1) is 12.4 Å². The van der Waals surface area contributed by atoms with Crippen molar-refractivity contribution in [1.82, 2.24) is 10.6 Å². The Kier molecular flexibility index (Phi) is 11.8. The third-order valence-electron chi connectivity index (χ3n) is 3.73. The largest absolute Gasteiger partial charge is 0.467 e. The summed E-state index contributed by atoms with van der Waals surface area (Å²) in [6.45, 7) is 12.9. The van der Waals surface area contributed by atoms with Gasteiger partial charge in [-0.3, -0.25) is 4.99 Å². The highest BCUT2D eigenvalue weighted by Gasteiger charge is 2.12. The van der Waals surface area contributed by atoms with Crippen molar-refractivity contribution in [3.05, 3.63) is 24.2 Å². The number of hydrogen-bond donors (Lipinski definition) is 2. The molecule has 0 aromatic carbocycles. The predicted octanol–water partition coefficient (Wildman–Crippen LogP) is 3.19. The number of nitrogens with one attached hydrogen (secondary N) is 2. The Labute approximate surface area is 152 Å². The third-order valence-corrected chi connectivity index (χ3v) is 3.73. The van der Waals surface area contributed by atoms with Crippen LogP contribution in [0.2, 0.25) is 0 Å². The van der Waals surface area contributed by atoms with Crippen molar-refractivity contribution in [1.29, 1.82) is 0 Å². The second-order valence-corrected chi connectivity index (χ2v) is 6.20. The van der Waals surface area contributed by atoms with E-state index in [1.165, 1.54) is 0 Å². The van der Waals surface area contributed by atoms with Crippen molar-refractivity contribution < 1.29 is 13.9 Å². The lowest BCUT2D eigenvalue weighted by Crippen LogP contribution is -2.39. The molecule has 1 atom stereocenters. The van der Waals surface area contributed by atoms with Crippen LogP contribution in [0.3, 0.4) is 0 Å². The fraction of sp³-hybridized carbons (Fsp3) is 0.737. The molecule has 2 N–H and O–H groups in total. The van der Waals surface area contributed by atoms with E-state index in [2.05, 4.69) is 36.4 Å². The van der Waals surface area contributed by atoms with Gasteiger partial charge >= 0.3 is 0 Å². The molecule has 0 aliphatic heterocycles. The van der Waals surface area contributed by atoms with Crippen molar-refractivity contribution >= 4 is 5.96 Å². The van der Waals surface area contributed by atoms with Crippen LogP contribution in [-0.4, -0.2) is 44.9 Å². The number of guanidine groups is 1. The molecule has 0 amide bonds. The molecule has 0 radical (unpaired) electrons. The smallest absolute Gasteiger partial charge is 0.191 e. The van der Waals surface area contributed by atoms with E-state index < -0.39 is 0 Å². The highest BCUT2D eigenvalue weighted by atomic mass is 16.5. The molecule has 0 bridgehead atoms. The van der Waals surface area contributed by atoms with Crippen LogP contribution < -0.4 is 10.6 Å². The van der Waals surface area contributed by atoms with Gasteiger partial charge in [0.25, 0.3) is 0 Å². The summed E-state index contributed by atoms with van der Waals surface area (Å²) >= 11 is 0. The first-order valence-corrected chi connectivity index (χ1v) is 9.41. The van der Waals surface area contributed by atoms with Gasteiger partial charge in [-0.2, -0.15) is 0 Å². The van der Waals surface area contributed by atoms with Gasteiger partial charge < -0.3 is 24.5 Å². The zero-order valence-electron chi connectivity index (χ0n) is 16.2. The number of aliphatic imine (C=N–C) groups is 1. The Hall–Kier alpha value is -1.53. The standard InChI is InChI=1S/C19H35N3O3/c1-5-20-19(22-12-10-18(16(3)4)24-6-2)21-11-8-13-23-15-17-9-7-14-25-17/h7,9,14,16,18H,5-6,8,10-13,15H2,1-4H3,(H2,20,21,22). The van der Waals surface area contributed by atoms with Crippen LogP contribution in [-0.2, 0) is 16.1 Å². The SMILES string of the molecule is CCNC(=NCCCOCc1ccco1)NCCC(OCC)C(C)C. The van der Waals surface area contributed by atoms with Gasteiger partial charge in [-0.1, -0.05) is 13.8 Å². The minimum atomic E-state index is 0.287. The van der Waals surface area contributed by atoms with E-state index in [1.807, 2.05) is 19.1 Å². The molecule has 0 aliphatic rings. The van der Waals surface area contributed by atoms with Gasteiger partial charge in [-0.05, 0) is 44.7 Å². The molecule has 0 saturated carbocycles. The Balaban J connectivity index is 2.21. The number of furan rings is 1. The molecule has 1 heterocycles. The molecular weight excluding hydrogens is 318 g/mol. The molecule has 1 aromatic rings. The average Bonchev–Trinajstić information content (AvgIpc) is 3.10. The molecule has 0 aliphatic carbocycles. The maximum Gasteiger partial charge on any atom is 0.191 e. The molecule has 0 saturated heterocycles. The topological polar surface area (TPSA) is 68.0 Å². The summed E-state index contributed by atoms with van der Waals surface area (Å²) in [6.07, 6.45) is 3.80. The normalized spacial score (nSPS) is 13.2. The van der Waals surface area contributed by atoms with E-state index in [-0.39, 0.29) is 6.10 Å². The summed E-state index contributed by atoms with van der Waals surface area (Å²) in [6, 6.07) is 3.78. The minimum absolute atomic E-state index is 0.287. The summed E-state index contributed by atoms with van der Waals surface area (Å²) in [7, 11) is 0. The highest BCUT2D eigenvalue weighted by Crippen LogP contribution is 2.09. The van der Waals surface area contributed by atoms with Gasteiger partial charge in [0.15, 0.2) is 5.96 Å². The quantitative estimate of drug-likeness (QED) is 0.324. The zero-order chi connectivity index (χ0) is 18.3. The average molecular weight is 354 g/mol. The van der Waals surface area contributed by atoms with Gasteiger partial charge in [0.2, 0.25) is 0 Å². The Bertz CT molecular complexity index is 447. The van der Waals surface area contributed by atoms with E-state index >= 15 is 0 Å². The molecule has 1 rings (SSSR count). The monoisotopic (exact) mass is 353 g/mol. The summed E-state index contributed by atoms with van der Waals surface area (Å²) < 4.78 is 16.6. The Morgan fingerprint density at radius 3 is 2.76 bits per heavy atom. The second-order valence-electron chi connectivity index (χ2n) is 6.20. The lowest BCUT2D eigenvalue weighted by molar-refractivity contribution is 0.0258. The van der Waals surface area contributed by atoms with Gasteiger partial charge in [0.1, 0.15) is 12.4 Å². The van der Waals surface area contributed by atoms with E-state index in [1.54, 1.807) is 6.26 Å². The molecule has 144 valence electrons. The fourth-order valence-electron chi connectivity index (χ4n) is 2.42. The molecule has 0 spiro atoms. The number of nitrogens with zero attached hydrogens (tertiary/aromatic N) is 1. The summed E-state index contributed by atoms with van der Waals surface area (Å²) in [5.41, 5.74) is 0. The Morgan fingerprint density at radius 1 is 1.28 bits per heavy atom. The van der Waals surface area contributed by atoms with Crippen LogP contribution in [0.4, 0.5) is 0 Å². The van der Waals surface area contributed by atoms with Crippen molar-refractivity contribution in [3.63, 3.8) is 0 Å². The molecular formula is C19H35N3O3. The van der Waals surface area contributed by atoms with Crippen molar-refractivity contribution in [3.8, 4) is 0 Å². The second kappa shape index (κ2) is 13.7. The summed E-state index contributed by atoms with van der Waals surface area (Å²) in [4.78, 5) is 4.59. The highest BCUT2D eigenvalue weighted by molar-refractivity contribution is 5.79. The number of ether oxygens (including phenoxy) is 2. The lowest BCUT2D eigenvalue weighted by atomic mass is 10.0. The van der Waals surface area contributed by atoms with E-state index in [4.69, 9.17) is 13.9 Å². The van der Waals surface area contributed by atoms with Crippen LogP contribution >= 0.6 is 0 Å². The number of rotatable bonds is 13. The molecule has 1 aromatic heterocycles. The van der Waals surface area contributed by atoms with Crippen LogP contribution in [0, 0.1) is 5.92 Å².